The number of nitrogens with zero attached hydrogens (tertiary/aromatic N) is 1. The van der Waals surface area contributed by atoms with Gasteiger partial charge in [0.15, 0.2) is 0 Å². The minimum absolute atomic E-state index is 0.0185. The van der Waals surface area contributed by atoms with E-state index in [0.717, 1.165) is 12.2 Å². The van der Waals surface area contributed by atoms with E-state index in [0.29, 0.717) is 22.5 Å². The van der Waals surface area contributed by atoms with Crippen molar-refractivity contribution in [2.24, 2.45) is 11.7 Å². The van der Waals surface area contributed by atoms with Gasteiger partial charge in [-0.3, -0.25) is 5.41 Å². The summed E-state index contributed by atoms with van der Waals surface area (Å²) in [7, 11) is 0. The fraction of sp³-hybridized carbons (Fsp3) is 0.500. The summed E-state index contributed by atoms with van der Waals surface area (Å²) in [5.74, 6) is 0.552. The highest BCUT2D eigenvalue weighted by Gasteiger charge is 2.18. The minimum atomic E-state index is 0.0185. The molecule has 0 aliphatic carbocycles. The van der Waals surface area contributed by atoms with Crippen molar-refractivity contribution >= 4 is 23.1 Å². The number of halogens is 1. The number of nitrogen functional groups attached to an aromatic ring is 1. The van der Waals surface area contributed by atoms with Crippen LogP contribution < -0.4 is 10.6 Å². The molecule has 1 aromatic carbocycles. The number of hydrogen-bond acceptors (Lipinski definition) is 2. The van der Waals surface area contributed by atoms with Crippen LogP contribution in [-0.2, 0) is 0 Å². The molecule has 3 N–H and O–H groups in total. The average Bonchev–Trinajstić information content (AvgIpc) is 2.24. The quantitative estimate of drug-likeness (QED) is 0.634. The Kier molecular flexibility index (Phi) is 5.03. The predicted molar refractivity (Wildman–Crippen MR) is 79.8 cm³/mol. The average molecular weight is 268 g/mol. The molecule has 0 saturated carbocycles. The Morgan fingerprint density at radius 3 is 2.39 bits per heavy atom. The molecule has 100 valence electrons. The van der Waals surface area contributed by atoms with E-state index in [1.54, 1.807) is 6.07 Å². The van der Waals surface area contributed by atoms with Crippen molar-refractivity contribution in [1.29, 1.82) is 5.41 Å². The molecule has 0 heterocycles. The second-order valence-electron chi connectivity index (χ2n) is 5.19. The molecule has 0 amide bonds. The van der Waals surface area contributed by atoms with Gasteiger partial charge in [-0.2, -0.15) is 0 Å². The normalized spacial score (nSPS) is 11.1. The summed E-state index contributed by atoms with van der Waals surface area (Å²) in [5.41, 5.74) is 7.23. The van der Waals surface area contributed by atoms with Gasteiger partial charge in [0.2, 0.25) is 0 Å². The topological polar surface area (TPSA) is 53.1 Å². The molecule has 0 aliphatic rings. The minimum Gasteiger partial charge on any atom is -0.384 e. The second kappa shape index (κ2) is 6.10. The van der Waals surface area contributed by atoms with Crippen molar-refractivity contribution in [3.8, 4) is 0 Å². The number of anilines is 1. The molecule has 0 saturated heterocycles. The first-order valence-electron chi connectivity index (χ1n) is 6.24. The maximum Gasteiger partial charge on any atom is 0.126 e. The third-order valence-corrected chi connectivity index (χ3v) is 3.07. The van der Waals surface area contributed by atoms with Crippen LogP contribution in [0.1, 0.15) is 33.3 Å². The Morgan fingerprint density at radius 1 is 1.33 bits per heavy atom. The van der Waals surface area contributed by atoms with E-state index < -0.39 is 0 Å². The molecule has 0 spiro atoms. The summed E-state index contributed by atoms with van der Waals surface area (Å²) in [6.45, 7) is 9.53. The summed E-state index contributed by atoms with van der Waals surface area (Å²) in [4.78, 5) is 2.24. The van der Waals surface area contributed by atoms with Gasteiger partial charge in [-0.1, -0.05) is 31.5 Å². The molecule has 4 heteroatoms. The standard InChI is InChI=1S/C14H22ClN3/c1-9(2)8-18(10(3)4)12-7-5-6-11(15)13(12)14(16)17/h5-7,9-10H,8H2,1-4H3,(H3,16,17). The van der Waals surface area contributed by atoms with Gasteiger partial charge in [0.05, 0.1) is 10.6 Å². The van der Waals surface area contributed by atoms with Crippen LogP contribution in [0.2, 0.25) is 5.02 Å². The van der Waals surface area contributed by atoms with Crippen LogP contribution in [0.25, 0.3) is 0 Å². The lowest BCUT2D eigenvalue weighted by Crippen LogP contribution is -2.35. The van der Waals surface area contributed by atoms with Gasteiger partial charge in [-0.25, -0.2) is 0 Å². The second-order valence-corrected chi connectivity index (χ2v) is 5.59. The summed E-state index contributed by atoms with van der Waals surface area (Å²) in [5, 5.41) is 8.24. The van der Waals surface area contributed by atoms with E-state index in [9.17, 15) is 0 Å². The van der Waals surface area contributed by atoms with E-state index in [4.69, 9.17) is 22.7 Å². The lowest BCUT2D eigenvalue weighted by Gasteiger charge is -2.32. The molecule has 0 radical (unpaired) electrons. The Bertz CT molecular complexity index is 427. The van der Waals surface area contributed by atoms with E-state index >= 15 is 0 Å². The monoisotopic (exact) mass is 267 g/mol. The van der Waals surface area contributed by atoms with Crippen LogP contribution in [0.5, 0.6) is 0 Å². The maximum atomic E-state index is 7.70. The smallest absolute Gasteiger partial charge is 0.126 e. The molecular weight excluding hydrogens is 246 g/mol. The number of amidine groups is 1. The number of rotatable bonds is 5. The van der Waals surface area contributed by atoms with Crippen LogP contribution in [0, 0.1) is 11.3 Å². The zero-order valence-corrected chi connectivity index (χ0v) is 12.3. The van der Waals surface area contributed by atoms with Gasteiger partial charge in [0.1, 0.15) is 5.84 Å². The summed E-state index contributed by atoms with van der Waals surface area (Å²) in [6.07, 6.45) is 0. The van der Waals surface area contributed by atoms with Crippen molar-refractivity contribution in [3.05, 3.63) is 28.8 Å². The third-order valence-electron chi connectivity index (χ3n) is 2.76. The summed E-state index contributed by atoms with van der Waals surface area (Å²) < 4.78 is 0. The van der Waals surface area contributed by atoms with Crippen molar-refractivity contribution in [3.63, 3.8) is 0 Å². The van der Waals surface area contributed by atoms with Gasteiger partial charge in [0.25, 0.3) is 0 Å². The van der Waals surface area contributed by atoms with Crippen LogP contribution >= 0.6 is 11.6 Å². The van der Waals surface area contributed by atoms with Crippen molar-refractivity contribution < 1.29 is 0 Å². The first-order chi connectivity index (χ1) is 8.34. The lowest BCUT2D eigenvalue weighted by atomic mass is 10.1. The van der Waals surface area contributed by atoms with Crippen LogP contribution in [0.15, 0.2) is 18.2 Å². The molecule has 3 nitrogen and oxygen atoms in total. The zero-order valence-electron chi connectivity index (χ0n) is 11.5. The SMILES string of the molecule is CC(C)CN(c1cccc(Cl)c1C(=N)N)C(C)C. The van der Waals surface area contributed by atoms with Crippen molar-refractivity contribution in [1.82, 2.24) is 0 Å². The molecule has 0 aromatic heterocycles. The van der Waals surface area contributed by atoms with E-state index in [-0.39, 0.29) is 5.84 Å². The molecule has 0 bridgehead atoms. The fourth-order valence-corrected chi connectivity index (χ4v) is 2.27. The van der Waals surface area contributed by atoms with Gasteiger partial charge < -0.3 is 10.6 Å². The Morgan fingerprint density at radius 2 is 1.94 bits per heavy atom. The van der Waals surface area contributed by atoms with Crippen LogP contribution in [0.3, 0.4) is 0 Å². The first-order valence-corrected chi connectivity index (χ1v) is 6.62. The Labute approximate surface area is 114 Å². The molecule has 0 unspecified atom stereocenters. The van der Waals surface area contributed by atoms with E-state index in [1.807, 2.05) is 12.1 Å². The number of nitrogens with one attached hydrogen (secondary N) is 1. The fourth-order valence-electron chi connectivity index (χ4n) is 2.00. The molecule has 0 aliphatic heterocycles. The van der Waals surface area contributed by atoms with Crippen LogP contribution in [0.4, 0.5) is 5.69 Å². The van der Waals surface area contributed by atoms with E-state index in [2.05, 4.69) is 32.6 Å². The predicted octanol–water partition coefficient (Wildman–Crippen LogP) is 3.49. The molecule has 1 rings (SSSR count). The summed E-state index contributed by atoms with van der Waals surface area (Å²) in [6, 6.07) is 5.99. The maximum absolute atomic E-state index is 7.70. The van der Waals surface area contributed by atoms with Crippen molar-refractivity contribution in [2.75, 3.05) is 11.4 Å². The molecule has 1 aromatic rings. The van der Waals surface area contributed by atoms with Crippen molar-refractivity contribution in [2.45, 2.75) is 33.7 Å². The van der Waals surface area contributed by atoms with Crippen LogP contribution in [-0.4, -0.2) is 18.4 Å². The Balaban J connectivity index is 3.27. The lowest BCUT2D eigenvalue weighted by molar-refractivity contribution is 0.571. The van der Waals surface area contributed by atoms with Gasteiger partial charge in [0, 0.05) is 18.3 Å². The first kappa shape index (κ1) is 14.8. The van der Waals surface area contributed by atoms with Gasteiger partial charge in [-0.05, 0) is 31.9 Å². The highest BCUT2D eigenvalue weighted by atomic mass is 35.5. The third kappa shape index (κ3) is 3.39. The van der Waals surface area contributed by atoms with E-state index in [1.165, 1.54) is 0 Å². The van der Waals surface area contributed by atoms with Gasteiger partial charge in [-0.15, -0.1) is 0 Å². The molecule has 0 fully saturated rings. The number of hydrogen-bond donors (Lipinski definition) is 2. The largest absolute Gasteiger partial charge is 0.384 e. The highest BCUT2D eigenvalue weighted by Crippen LogP contribution is 2.29. The van der Waals surface area contributed by atoms with Gasteiger partial charge >= 0.3 is 0 Å². The molecule has 0 atom stereocenters. The summed E-state index contributed by atoms with van der Waals surface area (Å²) >= 11 is 6.16. The highest BCUT2D eigenvalue weighted by molar-refractivity contribution is 6.34. The molecule has 18 heavy (non-hydrogen) atoms. The Hall–Kier alpha value is -1.22. The number of nitrogens with two attached hydrogens (primary N) is 1. The zero-order chi connectivity index (χ0) is 13.9. The molecular formula is C14H22ClN3. The number of benzene rings is 1.